The van der Waals surface area contributed by atoms with Gasteiger partial charge in [0.1, 0.15) is 18.2 Å². The maximum absolute atomic E-state index is 14.5. The summed E-state index contributed by atoms with van der Waals surface area (Å²) in [7, 11) is 0. The number of carbonyl (C=O) groups excluding carboxylic acids is 3. The number of rotatable bonds is 5. The standard InChI is InChI=1S/C24H18BrF2N3O3S/c1-13-8-15(14(2)30(13)20-7-6-16(25)10-19(20)27)9-21-23(32)29(24(33)34-21)12-22(31)28-18-5-3-4-17(26)11-18/h3-11H,12H2,1-2H3,(H,28,31)/b21-9+. The SMILES string of the molecule is Cc1cc(/C=C2/SC(=O)N(CC(=O)Nc3cccc(F)c3)C2=O)c(C)n1-c1ccc(Br)cc1F. The lowest BCUT2D eigenvalue weighted by Crippen LogP contribution is -2.36. The highest BCUT2D eigenvalue weighted by atomic mass is 79.9. The van der Waals surface area contributed by atoms with Gasteiger partial charge in [0, 0.05) is 21.5 Å². The molecule has 2 aromatic carbocycles. The molecule has 0 aliphatic carbocycles. The molecule has 1 aliphatic heterocycles. The number of aryl methyl sites for hydroxylation is 1. The van der Waals surface area contributed by atoms with Gasteiger partial charge in [-0.25, -0.2) is 8.78 Å². The van der Waals surface area contributed by atoms with Crippen molar-refractivity contribution in [2.45, 2.75) is 13.8 Å². The Hall–Kier alpha value is -3.24. The molecular formula is C24H18BrF2N3O3S. The molecule has 2 heterocycles. The number of hydrogen-bond donors (Lipinski definition) is 1. The number of nitrogens with zero attached hydrogens (tertiary/aromatic N) is 2. The van der Waals surface area contributed by atoms with Crippen LogP contribution in [0.1, 0.15) is 17.0 Å². The number of anilines is 1. The number of amides is 3. The molecule has 1 N–H and O–H groups in total. The molecule has 174 valence electrons. The molecule has 1 aliphatic rings. The van der Waals surface area contributed by atoms with Gasteiger partial charge < -0.3 is 9.88 Å². The number of thioether (sulfide) groups is 1. The summed E-state index contributed by atoms with van der Waals surface area (Å²) >= 11 is 3.97. The molecule has 1 saturated heterocycles. The van der Waals surface area contributed by atoms with Crippen LogP contribution < -0.4 is 5.32 Å². The monoisotopic (exact) mass is 545 g/mol. The lowest BCUT2D eigenvalue weighted by molar-refractivity contribution is -0.127. The normalized spacial score (nSPS) is 14.9. The fourth-order valence-corrected chi connectivity index (χ4v) is 4.82. The summed E-state index contributed by atoms with van der Waals surface area (Å²) in [6.45, 7) is 3.10. The largest absolute Gasteiger partial charge is 0.324 e. The molecule has 0 saturated carbocycles. The summed E-state index contributed by atoms with van der Waals surface area (Å²) in [5.74, 6) is -2.16. The van der Waals surface area contributed by atoms with E-state index < -0.39 is 35.2 Å². The van der Waals surface area contributed by atoms with Gasteiger partial charge in [-0.15, -0.1) is 0 Å². The Labute approximate surface area is 206 Å². The molecule has 3 amide bonds. The van der Waals surface area contributed by atoms with Crippen molar-refractivity contribution in [1.29, 1.82) is 0 Å². The van der Waals surface area contributed by atoms with Gasteiger partial charge in [-0.05, 0) is 79.7 Å². The first-order valence-corrected chi connectivity index (χ1v) is 11.7. The third-order valence-electron chi connectivity index (χ3n) is 5.19. The summed E-state index contributed by atoms with van der Waals surface area (Å²) in [6.07, 6.45) is 1.56. The Bertz CT molecular complexity index is 1370. The number of halogens is 3. The van der Waals surface area contributed by atoms with E-state index in [-0.39, 0.29) is 10.6 Å². The average Bonchev–Trinajstić information content (AvgIpc) is 3.18. The van der Waals surface area contributed by atoms with Gasteiger partial charge in [0.2, 0.25) is 5.91 Å². The minimum Gasteiger partial charge on any atom is -0.324 e. The van der Waals surface area contributed by atoms with Gasteiger partial charge in [-0.1, -0.05) is 22.0 Å². The zero-order chi connectivity index (χ0) is 24.6. The lowest BCUT2D eigenvalue weighted by Gasteiger charge is -2.12. The zero-order valence-electron chi connectivity index (χ0n) is 18.1. The second kappa shape index (κ2) is 9.55. The van der Waals surface area contributed by atoms with Gasteiger partial charge in [-0.3, -0.25) is 19.3 Å². The van der Waals surface area contributed by atoms with E-state index in [4.69, 9.17) is 0 Å². The van der Waals surface area contributed by atoms with Gasteiger partial charge >= 0.3 is 0 Å². The van der Waals surface area contributed by atoms with Crippen molar-refractivity contribution in [2.75, 3.05) is 11.9 Å². The highest BCUT2D eigenvalue weighted by molar-refractivity contribution is 9.10. The van der Waals surface area contributed by atoms with E-state index in [9.17, 15) is 23.2 Å². The van der Waals surface area contributed by atoms with Crippen LogP contribution in [0, 0.1) is 25.5 Å². The van der Waals surface area contributed by atoms with Crippen molar-refractivity contribution in [3.05, 3.63) is 86.5 Å². The van der Waals surface area contributed by atoms with Crippen molar-refractivity contribution in [1.82, 2.24) is 9.47 Å². The Morgan fingerprint density at radius 1 is 1.12 bits per heavy atom. The van der Waals surface area contributed by atoms with Crippen molar-refractivity contribution in [2.24, 2.45) is 0 Å². The van der Waals surface area contributed by atoms with E-state index in [0.717, 1.165) is 28.4 Å². The minimum atomic E-state index is -0.627. The van der Waals surface area contributed by atoms with Gasteiger partial charge in [0.15, 0.2) is 0 Å². The average molecular weight is 546 g/mol. The number of aromatic nitrogens is 1. The van der Waals surface area contributed by atoms with Crippen LogP contribution in [0.4, 0.5) is 19.3 Å². The predicted molar refractivity (Wildman–Crippen MR) is 131 cm³/mol. The fourth-order valence-electron chi connectivity index (χ4n) is 3.65. The van der Waals surface area contributed by atoms with Crippen molar-refractivity contribution in [3.8, 4) is 5.69 Å². The van der Waals surface area contributed by atoms with Crippen LogP contribution in [0.15, 0.2) is 57.9 Å². The molecule has 1 aromatic heterocycles. The van der Waals surface area contributed by atoms with Gasteiger partial charge in [0.25, 0.3) is 11.1 Å². The van der Waals surface area contributed by atoms with Crippen molar-refractivity contribution >= 4 is 56.5 Å². The second-order valence-corrected chi connectivity index (χ2v) is 9.49. The molecule has 4 rings (SSSR count). The first-order valence-electron chi connectivity index (χ1n) is 10.1. The van der Waals surface area contributed by atoms with E-state index in [1.165, 1.54) is 24.3 Å². The topological polar surface area (TPSA) is 71.4 Å². The lowest BCUT2D eigenvalue weighted by atomic mass is 10.2. The first kappa shape index (κ1) is 23.9. The molecule has 0 atom stereocenters. The predicted octanol–water partition coefficient (Wildman–Crippen LogP) is 5.81. The number of nitrogens with one attached hydrogen (secondary N) is 1. The molecular weight excluding hydrogens is 528 g/mol. The quantitative estimate of drug-likeness (QED) is 0.410. The van der Waals surface area contributed by atoms with Crippen LogP contribution in [0.25, 0.3) is 11.8 Å². The molecule has 1 fully saturated rings. The van der Waals surface area contributed by atoms with Crippen LogP contribution in [-0.2, 0) is 9.59 Å². The molecule has 6 nitrogen and oxygen atoms in total. The number of benzene rings is 2. The van der Waals surface area contributed by atoms with E-state index >= 15 is 0 Å². The number of carbonyl (C=O) groups is 3. The smallest absolute Gasteiger partial charge is 0.294 e. The molecule has 3 aromatic rings. The van der Waals surface area contributed by atoms with E-state index in [2.05, 4.69) is 21.2 Å². The summed E-state index contributed by atoms with van der Waals surface area (Å²) in [5, 5.41) is 1.88. The maximum atomic E-state index is 14.5. The van der Waals surface area contributed by atoms with E-state index in [1.54, 1.807) is 35.8 Å². The highest BCUT2D eigenvalue weighted by Gasteiger charge is 2.36. The summed E-state index contributed by atoms with van der Waals surface area (Å²) in [4.78, 5) is 38.5. The molecule has 0 bridgehead atoms. The minimum absolute atomic E-state index is 0.153. The van der Waals surface area contributed by atoms with E-state index in [0.29, 0.717) is 21.4 Å². The second-order valence-electron chi connectivity index (χ2n) is 7.58. The Kier molecular flexibility index (Phi) is 6.72. The highest BCUT2D eigenvalue weighted by Crippen LogP contribution is 2.34. The molecule has 0 spiro atoms. The first-order chi connectivity index (χ1) is 16.1. The molecule has 10 heteroatoms. The Morgan fingerprint density at radius 3 is 2.59 bits per heavy atom. The summed E-state index contributed by atoms with van der Waals surface area (Å²) in [5.41, 5.74) is 2.67. The summed E-state index contributed by atoms with van der Waals surface area (Å²) < 4.78 is 30.2. The third-order valence-corrected chi connectivity index (χ3v) is 6.59. The van der Waals surface area contributed by atoms with E-state index in [1.807, 2.05) is 6.92 Å². The number of imide groups is 1. The van der Waals surface area contributed by atoms with Crippen LogP contribution in [-0.4, -0.2) is 33.1 Å². The van der Waals surface area contributed by atoms with Crippen molar-refractivity contribution in [3.63, 3.8) is 0 Å². The number of hydrogen-bond acceptors (Lipinski definition) is 4. The fraction of sp³-hybridized carbons (Fsp3) is 0.125. The summed E-state index contributed by atoms with van der Waals surface area (Å²) in [6, 6.07) is 11.8. The van der Waals surface area contributed by atoms with Crippen molar-refractivity contribution < 1.29 is 23.2 Å². The molecule has 0 unspecified atom stereocenters. The van der Waals surface area contributed by atoms with Crippen LogP contribution in [0.5, 0.6) is 0 Å². The van der Waals surface area contributed by atoms with Gasteiger partial charge in [-0.2, -0.15) is 0 Å². The van der Waals surface area contributed by atoms with Crippen LogP contribution >= 0.6 is 27.7 Å². The third kappa shape index (κ3) is 4.83. The van der Waals surface area contributed by atoms with Crippen LogP contribution in [0.2, 0.25) is 0 Å². The Morgan fingerprint density at radius 2 is 1.88 bits per heavy atom. The molecule has 34 heavy (non-hydrogen) atoms. The Balaban J connectivity index is 1.55. The molecule has 0 radical (unpaired) electrons. The van der Waals surface area contributed by atoms with Gasteiger partial charge in [0.05, 0.1) is 10.6 Å². The maximum Gasteiger partial charge on any atom is 0.294 e. The van der Waals surface area contributed by atoms with Crippen LogP contribution in [0.3, 0.4) is 0 Å². The zero-order valence-corrected chi connectivity index (χ0v) is 20.5.